The second kappa shape index (κ2) is 7.96. The van der Waals surface area contributed by atoms with Crippen molar-refractivity contribution in [2.24, 2.45) is 5.92 Å². The number of hydrogen-bond donors (Lipinski definition) is 2. The number of hydrogen-bond acceptors (Lipinski definition) is 3. The van der Waals surface area contributed by atoms with E-state index in [0.29, 0.717) is 5.92 Å². The van der Waals surface area contributed by atoms with Gasteiger partial charge < -0.3 is 15.2 Å². The molecule has 4 nitrogen and oxygen atoms in total. The number of carbonyl (C=O) groups is 1. The van der Waals surface area contributed by atoms with Crippen molar-refractivity contribution in [1.82, 2.24) is 5.32 Å². The lowest BCUT2D eigenvalue weighted by atomic mass is 10.1. The molecule has 0 saturated heterocycles. The Morgan fingerprint density at radius 2 is 2.33 bits per heavy atom. The summed E-state index contributed by atoms with van der Waals surface area (Å²) < 4.78 is 5.37. The van der Waals surface area contributed by atoms with Crippen LogP contribution in [0, 0.1) is 12.8 Å². The van der Waals surface area contributed by atoms with Crippen molar-refractivity contribution >= 4 is 12.0 Å². The Hall–Kier alpha value is -1.65. The van der Waals surface area contributed by atoms with Crippen LogP contribution in [0.25, 0.3) is 6.08 Å². The van der Waals surface area contributed by atoms with Gasteiger partial charge in [-0.1, -0.05) is 29.8 Å². The molecule has 2 rings (SSSR count). The predicted octanol–water partition coefficient (Wildman–Crippen LogP) is 1.91. The molecule has 0 heterocycles. The normalized spacial score (nSPS) is 16.1. The SMILES string of the molecule is Cc1cccc(/C=C/C(=O)NCC(O)COCC2CC2)c1. The standard InChI is InChI=1S/C17H23NO3/c1-13-3-2-4-14(9-13)7-8-17(20)18-10-16(19)12-21-11-15-5-6-15/h2-4,7-9,15-16,19H,5-6,10-12H2,1H3,(H,18,20)/b8-7+. The summed E-state index contributed by atoms with van der Waals surface area (Å²) in [5, 5.41) is 12.4. The minimum Gasteiger partial charge on any atom is -0.389 e. The molecular formula is C17H23NO3. The van der Waals surface area contributed by atoms with E-state index in [1.807, 2.05) is 31.2 Å². The topological polar surface area (TPSA) is 58.6 Å². The predicted molar refractivity (Wildman–Crippen MR) is 82.8 cm³/mol. The van der Waals surface area contributed by atoms with E-state index < -0.39 is 6.10 Å². The molecule has 2 N–H and O–H groups in total. The number of carbonyl (C=O) groups excluding carboxylic acids is 1. The van der Waals surface area contributed by atoms with Crippen molar-refractivity contribution in [2.75, 3.05) is 19.8 Å². The molecule has 1 saturated carbocycles. The fraction of sp³-hybridized carbons (Fsp3) is 0.471. The number of amides is 1. The van der Waals surface area contributed by atoms with Gasteiger partial charge in [-0.2, -0.15) is 0 Å². The molecule has 21 heavy (non-hydrogen) atoms. The second-order valence-electron chi connectivity index (χ2n) is 5.63. The van der Waals surface area contributed by atoms with Crippen molar-refractivity contribution in [2.45, 2.75) is 25.9 Å². The van der Waals surface area contributed by atoms with Crippen LogP contribution in [-0.2, 0) is 9.53 Å². The van der Waals surface area contributed by atoms with Crippen molar-refractivity contribution in [3.05, 3.63) is 41.5 Å². The van der Waals surface area contributed by atoms with Gasteiger partial charge in [0.2, 0.25) is 5.91 Å². The Balaban J connectivity index is 1.63. The molecule has 1 aromatic carbocycles. The zero-order valence-electron chi connectivity index (χ0n) is 12.4. The molecule has 0 bridgehead atoms. The summed E-state index contributed by atoms with van der Waals surface area (Å²) in [7, 11) is 0. The molecule has 1 aliphatic rings. The number of rotatable bonds is 8. The summed E-state index contributed by atoms with van der Waals surface area (Å²) in [6, 6.07) is 7.91. The van der Waals surface area contributed by atoms with Gasteiger partial charge >= 0.3 is 0 Å². The van der Waals surface area contributed by atoms with Crippen LogP contribution in [0.4, 0.5) is 0 Å². The van der Waals surface area contributed by atoms with Gasteiger partial charge in [0.15, 0.2) is 0 Å². The summed E-state index contributed by atoms with van der Waals surface area (Å²) in [5.41, 5.74) is 2.14. The lowest BCUT2D eigenvalue weighted by Crippen LogP contribution is -2.33. The number of ether oxygens (including phenoxy) is 1. The molecular weight excluding hydrogens is 266 g/mol. The van der Waals surface area contributed by atoms with Gasteiger partial charge in [-0.15, -0.1) is 0 Å². The monoisotopic (exact) mass is 289 g/mol. The van der Waals surface area contributed by atoms with Gasteiger partial charge in [-0.3, -0.25) is 4.79 Å². The minimum atomic E-state index is -0.653. The largest absolute Gasteiger partial charge is 0.389 e. The highest BCUT2D eigenvalue weighted by molar-refractivity contribution is 5.91. The second-order valence-corrected chi connectivity index (χ2v) is 5.63. The zero-order chi connectivity index (χ0) is 15.1. The number of benzene rings is 1. The average Bonchev–Trinajstić information content (AvgIpc) is 3.27. The Kier molecular flexibility index (Phi) is 5.96. The van der Waals surface area contributed by atoms with Crippen LogP contribution in [0.2, 0.25) is 0 Å². The number of nitrogens with one attached hydrogen (secondary N) is 1. The smallest absolute Gasteiger partial charge is 0.244 e. The van der Waals surface area contributed by atoms with Crippen LogP contribution in [0.5, 0.6) is 0 Å². The van der Waals surface area contributed by atoms with E-state index in [-0.39, 0.29) is 19.1 Å². The Morgan fingerprint density at radius 3 is 3.05 bits per heavy atom. The fourth-order valence-electron chi connectivity index (χ4n) is 1.94. The summed E-state index contributed by atoms with van der Waals surface area (Å²) in [4.78, 5) is 11.6. The third-order valence-corrected chi connectivity index (χ3v) is 3.34. The number of aliphatic hydroxyl groups is 1. The summed E-state index contributed by atoms with van der Waals surface area (Å²) in [6.07, 6.45) is 5.05. The van der Waals surface area contributed by atoms with Gasteiger partial charge in [0, 0.05) is 19.2 Å². The van der Waals surface area contributed by atoms with Gasteiger partial charge in [-0.25, -0.2) is 0 Å². The zero-order valence-corrected chi connectivity index (χ0v) is 12.4. The lowest BCUT2D eigenvalue weighted by molar-refractivity contribution is -0.117. The first-order valence-corrected chi connectivity index (χ1v) is 7.42. The van der Waals surface area contributed by atoms with E-state index in [4.69, 9.17) is 4.74 Å². The highest BCUT2D eigenvalue weighted by Crippen LogP contribution is 2.28. The molecule has 0 aromatic heterocycles. The molecule has 0 radical (unpaired) electrons. The van der Waals surface area contributed by atoms with Crippen LogP contribution in [-0.4, -0.2) is 36.9 Å². The first kappa shape index (κ1) is 15.7. The van der Waals surface area contributed by atoms with Crippen molar-refractivity contribution in [1.29, 1.82) is 0 Å². The lowest BCUT2D eigenvalue weighted by Gasteiger charge is -2.11. The van der Waals surface area contributed by atoms with Gasteiger partial charge in [-0.05, 0) is 37.3 Å². The molecule has 1 unspecified atom stereocenters. The highest BCUT2D eigenvalue weighted by Gasteiger charge is 2.21. The van der Waals surface area contributed by atoms with Crippen molar-refractivity contribution in [3.63, 3.8) is 0 Å². The number of aryl methyl sites for hydroxylation is 1. The van der Waals surface area contributed by atoms with E-state index >= 15 is 0 Å². The van der Waals surface area contributed by atoms with Gasteiger partial charge in [0.25, 0.3) is 0 Å². The van der Waals surface area contributed by atoms with E-state index in [2.05, 4.69) is 5.32 Å². The van der Waals surface area contributed by atoms with Crippen LogP contribution in [0.15, 0.2) is 30.3 Å². The fourth-order valence-corrected chi connectivity index (χ4v) is 1.94. The first-order chi connectivity index (χ1) is 10.1. The molecule has 1 fully saturated rings. The average molecular weight is 289 g/mol. The van der Waals surface area contributed by atoms with Crippen molar-refractivity contribution < 1.29 is 14.6 Å². The van der Waals surface area contributed by atoms with Crippen LogP contribution >= 0.6 is 0 Å². The van der Waals surface area contributed by atoms with Crippen LogP contribution in [0.3, 0.4) is 0 Å². The molecule has 1 atom stereocenters. The molecule has 0 aliphatic heterocycles. The maximum atomic E-state index is 11.6. The summed E-state index contributed by atoms with van der Waals surface area (Å²) in [5.74, 6) is 0.474. The Morgan fingerprint density at radius 1 is 1.52 bits per heavy atom. The first-order valence-electron chi connectivity index (χ1n) is 7.42. The third-order valence-electron chi connectivity index (χ3n) is 3.34. The molecule has 0 spiro atoms. The third kappa shape index (κ3) is 6.56. The number of aliphatic hydroxyl groups excluding tert-OH is 1. The molecule has 114 valence electrons. The Labute approximate surface area is 125 Å². The highest BCUT2D eigenvalue weighted by atomic mass is 16.5. The molecule has 1 aromatic rings. The van der Waals surface area contributed by atoms with E-state index in [1.54, 1.807) is 6.08 Å². The molecule has 1 amide bonds. The summed E-state index contributed by atoms with van der Waals surface area (Å²) in [6.45, 7) is 3.22. The maximum absolute atomic E-state index is 11.6. The summed E-state index contributed by atoms with van der Waals surface area (Å²) >= 11 is 0. The molecule has 4 heteroatoms. The van der Waals surface area contributed by atoms with Crippen molar-refractivity contribution in [3.8, 4) is 0 Å². The minimum absolute atomic E-state index is 0.210. The maximum Gasteiger partial charge on any atom is 0.244 e. The molecule has 1 aliphatic carbocycles. The quantitative estimate of drug-likeness (QED) is 0.719. The van der Waals surface area contributed by atoms with E-state index in [0.717, 1.165) is 17.7 Å². The van der Waals surface area contributed by atoms with Crippen LogP contribution < -0.4 is 5.32 Å². The van der Waals surface area contributed by atoms with Crippen LogP contribution in [0.1, 0.15) is 24.0 Å². The Bertz CT molecular complexity index is 495. The van der Waals surface area contributed by atoms with E-state index in [9.17, 15) is 9.90 Å². The van der Waals surface area contributed by atoms with Gasteiger partial charge in [0.1, 0.15) is 0 Å². The van der Waals surface area contributed by atoms with E-state index in [1.165, 1.54) is 18.9 Å². The van der Waals surface area contributed by atoms with Gasteiger partial charge in [0.05, 0.1) is 12.7 Å².